The summed E-state index contributed by atoms with van der Waals surface area (Å²) in [7, 11) is 3.13. The van der Waals surface area contributed by atoms with Gasteiger partial charge >= 0.3 is 0 Å². The molecule has 6 nitrogen and oxygen atoms in total. The van der Waals surface area contributed by atoms with E-state index in [1.165, 1.54) is 0 Å². The topological polar surface area (TPSA) is 72.9 Å². The second kappa shape index (κ2) is 10.9. The highest BCUT2D eigenvalue weighted by Crippen LogP contribution is 2.62. The first-order chi connectivity index (χ1) is 21.8. The number of hydrogen-bond acceptors (Lipinski definition) is 6. The summed E-state index contributed by atoms with van der Waals surface area (Å²) in [5, 5.41) is 0. The van der Waals surface area contributed by atoms with Crippen LogP contribution in [0.25, 0.3) is 6.08 Å². The predicted molar refractivity (Wildman–Crippen MR) is 175 cm³/mol. The van der Waals surface area contributed by atoms with E-state index in [1.807, 2.05) is 71.6 Å². The number of carbonyl (C=O) groups is 3. The number of benzene rings is 4. The van der Waals surface area contributed by atoms with Crippen LogP contribution in [0.1, 0.15) is 67.5 Å². The number of fused-ring (bicyclic) bond motifs is 5. The number of ether oxygens (including phenoxy) is 2. The van der Waals surface area contributed by atoms with E-state index in [0.29, 0.717) is 39.7 Å². The molecule has 2 heterocycles. The molecule has 7 rings (SSSR count). The number of Topliss-reactive ketones (excluding diaryl/α,β-unsaturated/α-hetero) is 3. The summed E-state index contributed by atoms with van der Waals surface area (Å²) in [4.78, 5) is 46.8. The molecule has 2 aliphatic heterocycles. The molecule has 4 aromatic rings. The second-order valence-corrected chi connectivity index (χ2v) is 12.5. The summed E-state index contributed by atoms with van der Waals surface area (Å²) >= 11 is 0. The van der Waals surface area contributed by atoms with Crippen LogP contribution < -0.4 is 14.4 Å². The summed E-state index contributed by atoms with van der Waals surface area (Å²) < 4.78 is 11.4. The molecule has 4 aromatic carbocycles. The van der Waals surface area contributed by atoms with Gasteiger partial charge in [-0.3, -0.25) is 14.4 Å². The first-order valence-electron chi connectivity index (χ1n) is 15.4. The molecule has 0 N–H and O–H groups in total. The Morgan fingerprint density at radius 1 is 0.844 bits per heavy atom. The molecular weight excluding hydrogens is 562 g/mol. The van der Waals surface area contributed by atoms with Crippen LogP contribution in [-0.4, -0.2) is 43.7 Å². The van der Waals surface area contributed by atoms with Crippen molar-refractivity contribution in [3.8, 4) is 11.5 Å². The molecule has 0 aromatic heterocycles. The molecule has 0 radical (unpaired) electrons. The largest absolute Gasteiger partial charge is 0.497 e. The Balaban J connectivity index is 1.51. The van der Waals surface area contributed by atoms with E-state index in [0.717, 1.165) is 23.2 Å². The molecule has 0 saturated carbocycles. The Morgan fingerprint density at radius 2 is 1.51 bits per heavy atom. The average molecular weight is 598 g/mol. The van der Waals surface area contributed by atoms with E-state index in [-0.39, 0.29) is 17.3 Å². The molecule has 0 amide bonds. The van der Waals surface area contributed by atoms with Gasteiger partial charge in [-0.1, -0.05) is 98.8 Å². The number of methoxy groups -OCH3 is 2. The lowest BCUT2D eigenvalue weighted by molar-refractivity contribution is 0.0665. The quantitative estimate of drug-likeness (QED) is 0.166. The third-order valence-electron chi connectivity index (χ3n) is 9.64. The summed E-state index contributed by atoms with van der Waals surface area (Å²) in [6, 6.07) is 26.4. The monoisotopic (exact) mass is 597 g/mol. The maximum Gasteiger partial charge on any atom is 0.185 e. The Hall–Kier alpha value is -4.97. The van der Waals surface area contributed by atoms with E-state index < -0.39 is 23.4 Å². The Labute approximate surface area is 263 Å². The molecule has 1 fully saturated rings. The lowest BCUT2D eigenvalue weighted by atomic mass is 9.64. The van der Waals surface area contributed by atoms with Crippen molar-refractivity contribution in [3.63, 3.8) is 0 Å². The van der Waals surface area contributed by atoms with E-state index in [1.54, 1.807) is 50.6 Å². The molecule has 0 bridgehead atoms. The fourth-order valence-electron chi connectivity index (χ4n) is 7.78. The van der Waals surface area contributed by atoms with Crippen molar-refractivity contribution in [2.24, 2.45) is 11.3 Å². The number of para-hydroxylation sites is 1. The van der Waals surface area contributed by atoms with E-state index in [4.69, 9.17) is 9.47 Å². The highest BCUT2D eigenvalue weighted by Gasteiger charge is 2.72. The fourth-order valence-corrected chi connectivity index (χ4v) is 7.78. The first-order valence-corrected chi connectivity index (χ1v) is 15.4. The van der Waals surface area contributed by atoms with Crippen molar-refractivity contribution in [2.75, 3.05) is 19.1 Å². The molecular formula is C39H35NO5. The van der Waals surface area contributed by atoms with Crippen LogP contribution >= 0.6 is 0 Å². The average Bonchev–Trinajstić information content (AvgIpc) is 3.50. The normalized spacial score (nSPS) is 20.7. The number of hydrogen-bond donors (Lipinski definition) is 0. The highest BCUT2D eigenvalue weighted by atomic mass is 16.5. The molecule has 1 spiro atoms. The standard InChI is InChI=1S/C39H35NO5/c1-23(2)21-24-13-15-26(16-14-24)36(41)35-34(30-19-18-27(44-3)22-32(30)45-4)39(37(42)28-10-6-7-11-29(28)38(39)43)33-20-17-25-9-5-8-12-31(25)40(33)35/h5-20,22-23,33-35H,21H2,1-4H3/t33-,34+,35+/m1/s1. The van der Waals surface area contributed by atoms with Crippen LogP contribution in [-0.2, 0) is 6.42 Å². The van der Waals surface area contributed by atoms with Gasteiger partial charge in [-0.2, -0.15) is 0 Å². The lowest BCUT2D eigenvalue weighted by Gasteiger charge is -2.37. The van der Waals surface area contributed by atoms with Gasteiger partial charge in [0.1, 0.15) is 23.0 Å². The van der Waals surface area contributed by atoms with E-state index in [9.17, 15) is 9.59 Å². The molecule has 1 aliphatic carbocycles. The van der Waals surface area contributed by atoms with Crippen LogP contribution in [0.15, 0.2) is 97.1 Å². The number of rotatable bonds is 7. The smallest absolute Gasteiger partial charge is 0.185 e. The zero-order valence-corrected chi connectivity index (χ0v) is 25.8. The van der Waals surface area contributed by atoms with Crippen LogP contribution in [0.5, 0.6) is 11.5 Å². The maximum absolute atomic E-state index is 15.0. The third kappa shape index (κ3) is 4.19. The van der Waals surface area contributed by atoms with Crippen LogP contribution in [0.2, 0.25) is 0 Å². The summed E-state index contributed by atoms with van der Waals surface area (Å²) in [5.74, 6) is -0.0577. The Bertz CT molecular complexity index is 1840. The van der Waals surface area contributed by atoms with Crippen molar-refractivity contribution >= 4 is 29.1 Å². The van der Waals surface area contributed by atoms with Gasteiger partial charge in [0.05, 0.1) is 20.3 Å². The minimum atomic E-state index is -1.60. The van der Waals surface area contributed by atoms with Crippen molar-refractivity contribution in [1.82, 2.24) is 0 Å². The number of nitrogens with zero attached hydrogens (tertiary/aromatic N) is 1. The number of anilines is 1. The second-order valence-electron chi connectivity index (χ2n) is 12.5. The number of carbonyl (C=O) groups excluding carboxylic acids is 3. The molecule has 226 valence electrons. The van der Waals surface area contributed by atoms with Gasteiger partial charge in [0.15, 0.2) is 17.3 Å². The van der Waals surface area contributed by atoms with Crippen molar-refractivity contribution in [3.05, 3.63) is 130 Å². The minimum Gasteiger partial charge on any atom is -0.497 e. The summed E-state index contributed by atoms with van der Waals surface area (Å²) in [6.45, 7) is 4.33. The first kappa shape index (κ1) is 28.8. The van der Waals surface area contributed by atoms with Gasteiger partial charge in [0.25, 0.3) is 0 Å². The van der Waals surface area contributed by atoms with Crippen molar-refractivity contribution in [2.45, 2.75) is 38.3 Å². The summed E-state index contributed by atoms with van der Waals surface area (Å²) in [6.07, 6.45) is 4.81. The van der Waals surface area contributed by atoms with Crippen LogP contribution in [0.4, 0.5) is 5.69 Å². The van der Waals surface area contributed by atoms with Gasteiger partial charge in [-0.25, -0.2) is 0 Å². The third-order valence-corrected chi connectivity index (χ3v) is 9.64. The SMILES string of the molecule is COc1ccc([C@H]2[C@@H](C(=O)c3ccc(CC(C)C)cc3)N3c4ccccc4C=C[C@@H]3C23C(=O)c2ccccc2C3=O)c(OC)c1. The highest BCUT2D eigenvalue weighted by molar-refractivity contribution is 6.32. The van der Waals surface area contributed by atoms with Gasteiger partial charge in [0.2, 0.25) is 0 Å². The number of ketones is 3. The molecule has 0 unspecified atom stereocenters. The molecule has 3 aliphatic rings. The molecule has 6 heteroatoms. The lowest BCUT2D eigenvalue weighted by Crippen LogP contribution is -2.48. The van der Waals surface area contributed by atoms with Crippen LogP contribution in [0.3, 0.4) is 0 Å². The predicted octanol–water partition coefficient (Wildman–Crippen LogP) is 7.22. The zero-order chi connectivity index (χ0) is 31.5. The van der Waals surface area contributed by atoms with Gasteiger partial charge < -0.3 is 14.4 Å². The van der Waals surface area contributed by atoms with Crippen molar-refractivity contribution in [1.29, 1.82) is 0 Å². The van der Waals surface area contributed by atoms with Crippen molar-refractivity contribution < 1.29 is 23.9 Å². The molecule has 45 heavy (non-hydrogen) atoms. The molecule has 3 atom stereocenters. The Kier molecular flexibility index (Phi) is 6.96. The summed E-state index contributed by atoms with van der Waals surface area (Å²) in [5.41, 5.74) is 3.20. The zero-order valence-electron chi connectivity index (χ0n) is 25.8. The minimum absolute atomic E-state index is 0.155. The fraction of sp³-hybridized carbons (Fsp3) is 0.256. The van der Waals surface area contributed by atoms with Gasteiger partial charge in [-0.05, 0) is 35.6 Å². The van der Waals surface area contributed by atoms with E-state index in [2.05, 4.69) is 13.8 Å². The van der Waals surface area contributed by atoms with Crippen LogP contribution in [0, 0.1) is 11.3 Å². The van der Waals surface area contributed by atoms with E-state index >= 15 is 4.79 Å². The van der Waals surface area contributed by atoms with Gasteiger partial charge in [-0.15, -0.1) is 0 Å². The molecule has 1 saturated heterocycles. The Morgan fingerprint density at radius 3 is 2.16 bits per heavy atom. The maximum atomic E-state index is 15.0. The van der Waals surface area contributed by atoms with Gasteiger partial charge in [0, 0.05) is 39.9 Å².